The fourth-order valence-electron chi connectivity index (χ4n) is 1.68. The van der Waals surface area contributed by atoms with Gasteiger partial charge in [-0.25, -0.2) is 4.79 Å². The third-order valence-electron chi connectivity index (χ3n) is 2.58. The van der Waals surface area contributed by atoms with Gasteiger partial charge in [-0.05, 0) is 12.1 Å². The number of methoxy groups -OCH3 is 1. The van der Waals surface area contributed by atoms with Gasteiger partial charge < -0.3 is 14.3 Å². The molecule has 0 saturated heterocycles. The number of aliphatic hydroxyl groups is 1. The molecule has 0 radical (unpaired) electrons. The zero-order valence-electron chi connectivity index (χ0n) is 10.5. The van der Waals surface area contributed by atoms with Crippen LogP contribution >= 0.6 is 23.2 Å². The molecule has 0 saturated carbocycles. The Bertz CT molecular complexity index is 653. The highest BCUT2D eigenvalue weighted by molar-refractivity contribution is 6.35. The number of halogens is 2. The lowest BCUT2D eigenvalue weighted by molar-refractivity contribution is 0.148. The molecule has 0 aliphatic carbocycles. The summed E-state index contributed by atoms with van der Waals surface area (Å²) in [7, 11) is 1.46. The van der Waals surface area contributed by atoms with Crippen LogP contribution in [0.2, 0.25) is 10.0 Å². The third-order valence-corrected chi connectivity index (χ3v) is 3.15. The van der Waals surface area contributed by atoms with Gasteiger partial charge in [0.25, 0.3) is 0 Å². The number of ether oxygens (including phenoxy) is 1. The molecule has 108 valence electrons. The molecule has 0 aliphatic heterocycles. The maximum absolute atomic E-state index is 11.5. The quantitative estimate of drug-likeness (QED) is 0.912. The van der Waals surface area contributed by atoms with Crippen molar-refractivity contribution < 1.29 is 14.3 Å². The van der Waals surface area contributed by atoms with Crippen LogP contribution in [0.15, 0.2) is 27.4 Å². The Balaban J connectivity index is 2.18. The first kappa shape index (κ1) is 15.1. The first-order valence-corrected chi connectivity index (χ1v) is 6.45. The van der Waals surface area contributed by atoms with Crippen molar-refractivity contribution in [3.05, 3.63) is 50.2 Å². The molecule has 20 heavy (non-hydrogen) atoms. The molecule has 1 N–H and O–H groups in total. The van der Waals surface area contributed by atoms with Crippen LogP contribution in [0.4, 0.5) is 0 Å². The highest BCUT2D eigenvalue weighted by atomic mass is 35.5. The van der Waals surface area contributed by atoms with Gasteiger partial charge in [0.1, 0.15) is 12.7 Å². The molecule has 1 heterocycles. The van der Waals surface area contributed by atoms with Crippen molar-refractivity contribution in [1.29, 1.82) is 0 Å². The van der Waals surface area contributed by atoms with Gasteiger partial charge in [0.2, 0.25) is 5.89 Å². The van der Waals surface area contributed by atoms with Crippen molar-refractivity contribution in [3.63, 3.8) is 0 Å². The SMILES string of the molecule is COCc1nn(CC(O)c2ccc(Cl)cc2Cl)c(=O)o1. The summed E-state index contributed by atoms with van der Waals surface area (Å²) in [6.07, 6.45) is -1.00. The molecule has 0 aliphatic rings. The zero-order valence-corrected chi connectivity index (χ0v) is 12.1. The number of hydrogen-bond acceptors (Lipinski definition) is 5. The molecular weight excluding hydrogens is 307 g/mol. The van der Waals surface area contributed by atoms with E-state index in [4.69, 9.17) is 32.4 Å². The van der Waals surface area contributed by atoms with Crippen LogP contribution in [0.3, 0.4) is 0 Å². The summed E-state index contributed by atoms with van der Waals surface area (Å²) in [4.78, 5) is 11.5. The van der Waals surface area contributed by atoms with Crippen LogP contribution in [0.25, 0.3) is 0 Å². The van der Waals surface area contributed by atoms with Gasteiger partial charge in [0.15, 0.2) is 0 Å². The summed E-state index contributed by atoms with van der Waals surface area (Å²) in [5, 5.41) is 14.8. The Hall–Kier alpha value is -1.34. The molecular formula is C12H12Cl2N2O4. The van der Waals surface area contributed by atoms with E-state index >= 15 is 0 Å². The summed E-state index contributed by atoms with van der Waals surface area (Å²) in [6.45, 7) is 0.00738. The van der Waals surface area contributed by atoms with E-state index in [9.17, 15) is 9.90 Å². The van der Waals surface area contributed by atoms with Crippen molar-refractivity contribution in [3.8, 4) is 0 Å². The molecule has 1 aromatic heterocycles. The lowest BCUT2D eigenvalue weighted by Crippen LogP contribution is -2.20. The Morgan fingerprint density at radius 3 is 2.90 bits per heavy atom. The van der Waals surface area contributed by atoms with E-state index in [0.29, 0.717) is 15.6 Å². The van der Waals surface area contributed by atoms with Gasteiger partial charge in [-0.2, -0.15) is 4.68 Å². The van der Waals surface area contributed by atoms with Crippen molar-refractivity contribution >= 4 is 23.2 Å². The molecule has 8 heteroatoms. The van der Waals surface area contributed by atoms with Crippen molar-refractivity contribution in [2.75, 3.05) is 7.11 Å². The monoisotopic (exact) mass is 318 g/mol. The van der Waals surface area contributed by atoms with E-state index in [2.05, 4.69) is 5.10 Å². The molecule has 2 rings (SSSR count). The molecule has 0 fully saturated rings. The zero-order chi connectivity index (χ0) is 14.7. The first-order valence-electron chi connectivity index (χ1n) is 5.70. The van der Waals surface area contributed by atoms with E-state index < -0.39 is 11.9 Å². The average molecular weight is 319 g/mol. The van der Waals surface area contributed by atoms with Gasteiger partial charge in [0.05, 0.1) is 6.54 Å². The largest absolute Gasteiger partial charge is 0.437 e. The normalized spacial score (nSPS) is 12.6. The Morgan fingerprint density at radius 2 is 2.25 bits per heavy atom. The Labute approximate surface area is 124 Å². The predicted octanol–water partition coefficient (Wildman–Crippen LogP) is 2.02. The summed E-state index contributed by atoms with van der Waals surface area (Å²) in [6, 6.07) is 4.72. The van der Waals surface area contributed by atoms with E-state index in [1.165, 1.54) is 13.2 Å². The van der Waals surface area contributed by atoms with Gasteiger partial charge in [-0.3, -0.25) is 0 Å². The van der Waals surface area contributed by atoms with Gasteiger partial charge in [-0.15, -0.1) is 5.10 Å². The van der Waals surface area contributed by atoms with Crippen LogP contribution in [0.1, 0.15) is 17.6 Å². The summed E-state index contributed by atoms with van der Waals surface area (Å²) in [5.41, 5.74) is 0.458. The molecule has 1 atom stereocenters. The number of aromatic nitrogens is 2. The number of benzene rings is 1. The Morgan fingerprint density at radius 1 is 1.50 bits per heavy atom. The second kappa shape index (κ2) is 6.41. The topological polar surface area (TPSA) is 77.5 Å². The van der Waals surface area contributed by atoms with Gasteiger partial charge in [0, 0.05) is 22.7 Å². The standard InChI is InChI=1S/C12H12Cl2N2O4/c1-19-6-11-15-16(12(18)20-11)5-10(17)8-3-2-7(13)4-9(8)14/h2-4,10,17H,5-6H2,1H3. The molecule has 0 spiro atoms. The fourth-order valence-corrected chi connectivity index (χ4v) is 2.21. The molecule has 0 bridgehead atoms. The van der Waals surface area contributed by atoms with Crippen molar-refractivity contribution in [1.82, 2.24) is 9.78 Å². The fraction of sp³-hybridized carbons (Fsp3) is 0.333. The highest BCUT2D eigenvalue weighted by Gasteiger charge is 2.16. The lowest BCUT2D eigenvalue weighted by Gasteiger charge is -2.11. The second-order valence-electron chi connectivity index (χ2n) is 4.06. The third kappa shape index (κ3) is 3.40. The molecule has 2 aromatic rings. The second-order valence-corrected chi connectivity index (χ2v) is 4.90. The van der Waals surface area contributed by atoms with E-state index in [1.807, 2.05) is 0 Å². The maximum Gasteiger partial charge on any atom is 0.437 e. The van der Waals surface area contributed by atoms with Crippen LogP contribution < -0.4 is 5.76 Å². The number of hydrogen-bond donors (Lipinski definition) is 1. The van der Waals surface area contributed by atoms with Crippen molar-refractivity contribution in [2.24, 2.45) is 0 Å². The van der Waals surface area contributed by atoms with Crippen LogP contribution in [-0.4, -0.2) is 22.0 Å². The average Bonchev–Trinajstić information content (AvgIpc) is 2.70. The van der Waals surface area contributed by atoms with E-state index in [-0.39, 0.29) is 19.0 Å². The van der Waals surface area contributed by atoms with Crippen LogP contribution in [0, 0.1) is 0 Å². The predicted molar refractivity (Wildman–Crippen MR) is 72.9 cm³/mol. The van der Waals surface area contributed by atoms with Crippen LogP contribution in [-0.2, 0) is 17.9 Å². The Kier molecular flexibility index (Phi) is 4.82. The number of aliphatic hydroxyl groups excluding tert-OH is 1. The minimum absolute atomic E-state index is 0.0760. The minimum atomic E-state index is -1.00. The maximum atomic E-state index is 11.5. The molecule has 0 amide bonds. The number of nitrogens with zero attached hydrogens (tertiary/aromatic N) is 2. The minimum Gasteiger partial charge on any atom is -0.390 e. The van der Waals surface area contributed by atoms with E-state index in [1.54, 1.807) is 12.1 Å². The molecule has 1 unspecified atom stereocenters. The van der Waals surface area contributed by atoms with Crippen LogP contribution in [0.5, 0.6) is 0 Å². The number of rotatable bonds is 5. The summed E-state index contributed by atoms with van der Waals surface area (Å²) >= 11 is 11.8. The molecule has 1 aromatic carbocycles. The van der Waals surface area contributed by atoms with Gasteiger partial charge in [-0.1, -0.05) is 29.3 Å². The smallest absolute Gasteiger partial charge is 0.390 e. The molecule has 6 nitrogen and oxygen atoms in total. The summed E-state index contributed by atoms with van der Waals surface area (Å²) in [5.74, 6) is -0.520. The lowest BCUT2D eigenvalue weighted by atomic mass is 10.1. The summed E-state index contributed by atoms with van der Waals surface area (Å²) < 4.78 is 10.7. The van der Waals surface area contributed by atoms with Crippen molar-refractivity contribution in [2.45, 2.75) is 19.3 Å². The van der Waals surface area contributed by atoms with Gasteiger partial charge >= 0.3 is 5.76 Å². The first-order chi connectivity index (χ1) is 9.51. The van der Waals surface area contributed by atoms with E-state index in [0.717, 1.165) is 4.68 Å². The highest BCUT2D eigenvalue weighted by Crippen LogP contribution is 2.26.